The van der Waals surface area contributed by atoms with Crippen LogP contribution in [0.4, 0.5) is 4.79 Å². The summed E-state index contributed by atoms with van der Waals surface area (Å²) < 4.78 is 10.1. The molecule has 0 aromatic heterocycles. The molecule has 0 saturated heterocycles. The quantitative estimate of drug-likeness (QED) is 0.767. The van der Waals surface area contributed by atoms with Gasteiger partial charge in [0.25, 0.3) is 0 Å². The molecule has 102 valence electrons. The van der Waals surface area contributed by atoms with E-state index >= 15 is 0 Å². The minimum Gasteiger partial charge on any atom is -0.428 e. The van der Waals surface area contributed by atoms with Crippen LogP contribution in [0.3, 0.4) is 0 Å². The molecule has 0 saturated carbocycles. The first-order chi connectivity index (χ1) is 8.74. The van der Waals surface area contributed by atoms with Crippen LogP contribution in [0.5, 0.6) is 5.75 Å². The van der Waals surface area contributed by atoms with E-state index in [1.807, 2.05) is 0 Å². The third-order valence-corrected chi connectivity index (χ3v) is 2.24. The lowest BCUT2D eigenvalue weighted by molar-refractivity contribution is 0.0203. The van der Waals surface area contributed by atoms with Gasteiger partial charge in [0.05, 0.1) is 0 Å². The van der Waals surface area contributed by atoms with Crippen LogP contribution < -0.4 is 10.2 Å². The molecule has 0 aliphatic carbocycles. The van der Waals surface area contributed by atoms with Gasteiger partial charge < -0.3 is 9.47 Å². The van der Waals surface area contributed by atoms with Gasteiger partial charge in [0, 0.05) is 5.56 Å². The van der Waals surface area contributed by atoms with Crippen LogP contribution in [0.25, 0.3) is 6.08 Å². The highest BCUT2D eigenvalue weighted by Gasteiger charge is 2.20. The first-order valence-electron chi connectivity index (χ1n) is 5.92. The van der Waals surface area contributed by atoms with Gasteiger partial charge in [0.15, 0.2) is 5.75 Å². The van der Waals surface area contributed by atoms with Crippen molar-refractivity contribution < 1.29 is 14.3 Å². The van der Waals surface area contributed by atoms with Gasteiger partial charge in [-0.3, -0.25) is 4.79 Å². The summed E-state index contributed by atoms with van der Waals surface area (Å²) in [6.45, 7) is 10.4. The summed E-state index contributed by atoms with van der Waals surface area (Å²) in [4.78, 5) is 23.7. The molecule has 0 N–H and O–H groups in total. The Bertz CT molecular complexity index is 553. The van der Waals surface area contributed by atoms with Crippen molar-refractivity contribution in [3.8, 4) is 5.75 Å². The summed E-state index contributed by atoms with van der Waals surface area (Å²) in [6.07, 6.45) is 0.526. The topological polar surface area (TPSA) is 52.6 Å². The Hall–Kier alpha value is -2.10. The molecule has 1 rings (SSSR count). The van der Waals surface area contributed by atoms with Gasteiger partial charge in [0.2, 0.25) is 5.43 Å². The summed E-state index contributed by atoms with van der Waals surface area (Å²) in [5.41, 5.74) is -0.134. The average molecular weight is 262 g/mol. The van der Waals surface area contributed by atoms with Crippen molar-refractivity contribution in [2.75, 3.05) is 0 Å². The number of rotatable bonds is 2. The fourth-order valence-corrected chi connectivity index (χ4v) is 1.40. The molecule has 19 heavy (non-hydrogen) atoms. The number of aryl methyl sites for hydroxylation is 1. The van der Waals surface area contributed by atoms with Crippen molar-refractivity contribution in [2.45, 2.75) is 33.3 Å². The molecule has 0 radical (unpaired) electrons. The lowest BCUT2D eigenvalue weighted by Crippen LogP contribution is -2.27. The molecule has 0 bridgehead atoms. The second-order valence-corrected chi connectivity index (χ2v) is 5.09. The van der Waals surface area contributed by atoms with E-state index in [1.165, 1.54) is 6.08 Å². The van der Waals surface area contributed by atoms with Crippen molar-refractivity contribution in [1.82, 2.24) is 0 Å². The molecule has 0 aliphatic heterocycles. The zero-order valence-electron chi connectivity index (χ0n) is 11.6. The van der Waals surface area contributed by atoms with Crippen LogP contribution in [-0.4, -0.2) is 11.8 Å². The highest BCUT2D eigenvalue weighted by molar-refractivity contribution is 5.65. The SMILES string of the molecule is C=Cc1cccc(C)c(OC(=O)OC(C)(C)C)c1=O. The van der Waals surface area contributed by atoms with Crippen molar-refractivity contribution in [1.29, 1.82) is 0 Å². The zero-order valence-corrected chi connectivity index (χ0v) is 11.6. The van der Waals surface area contributed by atoms with Gasteiger partial charge in [-0.25, -0.2) is 4.79 Å². The molecule has 0 fully saturated rings. The highest BCUT2D eigenvalue weighted by Crippen LogP contribution is 2.15. The summed E-state index contributed by atoms with van der Waals surface area (Å²) in [5.74, 6) is -0.0332. The van der Waals surface area contributed by atoms with E-state index in [0.29, 0.717) is 11.1 Å². The smallest absolute Gasteiger partial charge is 0.428 e. The molecular formula is C15H18O4. The maximum absolute atomic E-state index is 12.1. The predicted molar refractivity (Wildman–Crippen MR) is 74.4 cm³/mol. The predicted octanol–water partition coefficient (Wildman–Crippen LogP) is 3.31. The fraction of sp³-hybridized carbons (Fsp3) is 0.333. The Labute approximate surface area is 112 Å². The average Bonchev–Trinajstić information content (AvgIpc) is 2.39. The normalized spacial score (nSPS) is 10.7. The van der Waals surface area contributed by atoms with Crippen LogP contribution in [0.15, 0.2) is 29.6 Å². The van der Waals surface area contributed by atoms with Gasteiger partial charge in [-0.1, -0.05) is 30.9 Å². The lowest BCUT2D eigenvalue weighted by atomic mass is 10.2. The molecule has 0 aliphatic rings. The summed E-state index contributed by atoms with van der Waals surface area (Å²) >= 11 is 0. The minimum atomic E-state index is -0.895. The van der Waals surface area contributed by atoms with Crippen molar-refractivity contribution in [2.24, 2.45) is 0 Å². The van der Waals surface area contributed by atoms with Gasteiger partial charge in [-0.15, -0.1) is 0 Å². The van der Waals surface area contributed by atoms with E-state index in [9.17, 15) is 9.59 Å². The molecule has 4 heteroatoms. The van der Waals surface area contributed by atoms with Gasteiger partial charge in [-0.2, -0.15) is 0 Å². The van der Waals surface area contributed by atoms with Gasteiger partial charge >= 0.3 is 6.16 Å². The van der Waals surface area contributed by atoms with Crippen molar-refractivity contribution >= 4 is 12.2 Å². The standard InChI is InChI=1S/C15H18O4/c1-6-11-9-7-8-10(2)13(12(11)16)18-14(17)19-15(3,4)5/h6-9H,1H2,2-5H3. The van der Waals surface area contributed by atoms with Crippen molar-refractivity contribution in [3.63, 3.8) is 0 Å². The van der Waals surface area contributed by atoms with E-state index in [-0.39, 0.29) is 11.2 Å². The Morgan fingerprint density at radius 1 is 1.32 bits per heavy atom. The Balaban J connectivity index is 3.15. The Kier molecular flexibility index (Phi) is 4.48. The third kappa shape index (κ3) is 4.25. The lowest BCUT2D eigenvalue weighted by Gasteiger charge is -2.18. The second kappa shape index (κ2) is 5.69. The molecule has 0 spiro atoms. The van der Waals surface area contributed by atoms with E-state index in [1.54, 1.807) is 45.9 Å². The zero-order chi connectivity index (χ0) is 14.6. The first-order valence-corrected chi connectivity index (χ1v) is 5.92. The highest BCUT2D eigenvalue weighted by atomic mass is 16.7. The number of hydrogen-bond donors (Lipinski definition) is 0. The molecule has 0 atom stereocenters. The van der Waals surface area contributed by atoms with Gasteiger partial charge in [0.1, 0.15) is 5.60 Å². The number of carbonyl (C=O) groups excluding carboxylic acids is 1. The Morgan fingerprint density at radius 2 is 1.95 bits per heavy atom. The van der Waals surface area contributed by atoms with E-state index < -0.39 is 11.8 Å². The summed E-state index contributed by atoms with van der Waals surface area (Å²) in [6, 6.07) is 5.01. The molecular weight excluding hydrogens is 244 g/mol. The van der Waals surface area contributed by atoms with Crippen LogP contribution in [0.2, 0.25) is 0 Å². The molecule has 1 aromatic carbocycles. The maximum Gasteiger partial charge on any atom is 0.514 e. The van der Waals surface area contributed by atoms with Crippen LogP contribution in [-0.2, 0) is 4.74 Å². The minimum absolute atomic E-state index is 0.0332. The second-order valence-electron chi connectivity index (χ2n) is 5.09. The number of ether oxygens (including phenoxy) is 2. The molecule has 0 heterocycles. The first kappa shape index (κ1) is 15.0. The summed E-state index contributed by atoms with van der Waals surface area (Å²) in [5, 5.41) is 0. The fourth-order valence-electron chi connectivity index (χ4n) is 1.40. The van der Waals surface area contributed by atoms with Crippen LogP contribution in [0.1, 0.15) is 31.9 Å². The molecule has 0 unspecified atom stereocenters. The van der Waals surface area contributed by atoms with E-state index in [2.05, 4.69) is 6.58 Å². The van der Waals surface area contributed by atoms with E-state index in [4.69, 9.17) is 9.47 Å². The monoisotopic (exact) mass is 262 g/mol. The maximum atomic E-state index is 12.1. The largest absolute Gasteiger partial charge is 0.514 e. The Morgan fingerprint density at radius 3 is 2.47 bits per heavy atom. The summed E-state index contributed by atoms with van der Waals surface area (Å²) in [7, 11) is 0. The molecule has 4 nitrogen and oxygen atoms in total. The van der Waals surface area contributed by atoms with Crippen LogP contribution >= 0.6 is 0 Å². The van der Waals surface area contributed by atoms with Crippen LogP contribution in [0, 0.1) is 6.92 Å². The number of hydrogen-bond acceptors (Lipinski definition) is 4. The van der Waals surface area contributed by atoms with E-state index in [0.717, 1.165) is 0 Å². The third-order valence-electron chi connectivity index (χ3n) is 2.24. The number of carbonyl (C=O) groups is 1. The molecule has 0 amide bonds. The van der Waals surface area contributed by atoms with Gasteiger partial charge in [-0.05, 0) is 33.3 Å². The van der Waals surface area contributed by atoms with Crippen molar-refractivity contribution in [3.05, 3.63) is 46.1 Å². The molecule has 1 aromatic rings.